The number of benzene rings is 1. The van der Waals surface area contributed by atoms with Gasteiger partial charge in [-0.25, -0.2) is 0 Å². The molecule has 7 nitrogen and oxygen atoms in total. The van der Waals surface area contributed by atoms with Gasteiger partial charge in [0.1, 0.15) is 5.75 Å². The van der Waals surface area contributed by atoms with E-state index in [-0.39, 0.29) is 12.0 Å². The van der Waals surface area contributed by atoms with Gasteiger partial charge in [0.2, 0.25) is 5.91 Å². The average Bonchev–Trinajstić information content (AvgIpc) is 3.21. The number of hydrogen-bond acceptors (Lipinski definition) is 6. The van der Waals surface area contributed by atoms with E-state index < -0.39 is 0 Å². The number of nitrogens with one attached hydrogen (secondary N) is 1. The molecule has 1 saturated heterocycles. The molecule has 1 aliphatic rings. The average molecular weight is 357 g/mol. The summed E-state index contributed by atoms with van der Waals surface area (Å²) in [6.07, 6.45) is 5.40. The molecule has 0 aliphatic carbocycles. The van der Waals surface area contributed by atoms with E-state index in [4.69, 9.17) is 4.74 Å². The SMILES string of the molecule is CC(C)Oc1ccc(C=NN=C2NC(=O)CS2)cc1Cn1cccn1. The summed E-state index contributed by atoms with van der Waals surface area (Å²) in [5.41, 5.74) is 1.91. The van der Waals surface area contributed by atoms with E-state index in [1.54, 1.807) is 12.4 Å². The van der Waals surface area contributed by atoms with E-state index in [1.165, 1.54) is 11.8 Å². The standard InChI is InChI=1S/C17H19N5O2S/c1-12(2)24-15-5-4-13(8-14(15)10-22-7-3-6-19-22)9-18-21-17-20-16(23)11-25-17/h3-9,12H,10-11H2,1-2H3,(H,20,21,23). The van der Waals surface area contributed by atoms with Crippen molar-refractivity contribution in [1.29, 1.82) is 0 Å². The van der Waals surface area contributed by atoms with Gasteiger partial charge in [0.15, 0.2) is 5.17 Å². The van der Waals surface area contributed by atoms with Gasteiger partial charge in [-0.15, -0.1) is 5.10 Å². The van der Waals surface area contributed by atoms with Crippen LogP contribution >= 0.6 is 11.8 Å². The predicted molar refractivity (Wildman–Crippen MR) is 99.2 cm³/mol. The first-order valence-corrected chi connectivity index (χ1v) is 8.89. The van der Waals surface area contributed by atoms with Crippen LogP contribution in [0.3, 0.4) is 0 Å². The second-order valence-corrected chi connectivity index (χ2v) is 6.69. The first-order valence-electron chi connectivity index (χ1n) is 7.91. The molecule has 0 atom stereocenters. The number of amides is 1. The van der Waals surface area contributed by atoms with Gasteiger partial charge in [0.25, 0.3) is 0 Å². The van der Waals surface area contributed by atoms with E-state index in [0.717, 1.165) is 16.9 Å². The molecular weight excluding hydrogens is 338 g/mol. The third-order valence-corrected chi connectivity index (χ3v) is 4.14. The molecule has 0 bridgehead atoms. The largest absolute Gasteiger partial charge is 0.491 e. The predicted octanol–water partition coefficient (Wildman–Crippen LogP) is 2.27. The lowest BCUT2D eigenvalue weighted by atomic mass is 10.1. The lowest BCUT2D eigenvalue weighted by Crippen LogP contribution is -2.19. The van der Waals surface area contributed by atoms with Gasteiger partial charge in [-0.1, -0.05) is 11.8 Å². The number of aromatic nitrogens is 2. The number of ether oxygens (including phenoxy) is 1. The van der Waals surface area contributed by atoms with Gasteiger partial charge in [0.05, 0.1) is 24.6 Å². The fourth-order valence-electron chi connectivity index (χ4n) is 2.27. The third-order valence-electron chi connectivity index (χ3n) is 3.28. The highest BCUT2D eigenvalue weighted by atomic mass is 32.2. The molecule has 1 fully saturated rings. The number of carbonyl (C=O) groups excluding carboxylic acids is 1. The van der Waals surface area contributed by atoms with Crippen molar-refractivity contribution in [3.8, 4) is 5.75 Å². The highest BCUT2D eigenvalue weighted by molar-refractivity contribution is 8.15. The molecule has 1 aliphatic heterocycles. The van der Waals surface area contributed by atoms with Crippen LogP contribution in [0.4, 0.5) is 0 Å². The van der Waals surface area contributed by atoms with Gasteiger partial charge in [-0.3, -0.25) is 9.48 Å². The molecular formula is C17H19N5O2S. The zero-order chi connectivity index (χ0) is 17.6. The summed E-state index contributed by atoms with van der Waals surface area (Å²) in [6.45, 7) is 4.60. The molecule has 1 aromatic carbocycles. The number of rotatable bonds is 6. The molecule has 1 amide bonds. The Morgan fingerprint density at radius 2 is 2.36 bits per heavy atom. The minimum Gasteiger partial charge on any atom is -0.491 e. The zero-order valence-electron chi connectivity index (χ0n) is 14.0. The van der Waals surface area contributed by atoms with E-state index in [9.17, 15) is 4.79 Å². The summed E-state index contributed by atoms with van der Waals surface area (Å²) >= 11 is 1.34. The Hall–Kier alpha value is -2.61. The normalized spacial score (nSPS) is 16.1. The molecule has 0 radical (unpaired) electrons. The van der Waals surface area contributed by atoms with Gasteiger partial charge >= 0.3 is 0 Å². The van der Waals surface area contributed by atoms with Crippen LogP contribution in [0.5, 0.6) is 5.75 Å². The molecule has 3 rings (SSSR count). The quantitative estimate of drug-likeness (QED) is 0.635. The van der Waals surface area contributed by atoms with Crippen LogP contribution in [-0.2, 0) is 11.3 Å². The topological polar surface area (TPSA) is 80.9 Å². The van der Waals surface area contributed by atoms with Gasteiger partial charge in [-0.05, 0) is 43.7 Å². The van der Waals surface area contributed by atoms with Crippen molar-refractivity contribution in [2.45, 2.75) is 26.5 Å². The minimum atomic E-state index is -0.0457. The Kier molecular flexibility index (Phi) is 5.49. The molecule has 0 spiro atoms. The Balaban J connectivity index is 1.79. The van der Waals surface area contributed by atoms with Crippen LogP contribution in [0, 0.1) is 0 Å². The Labute approximate surface area is 150 Å². The molecule has 0 unspecified atom stereocenters. The summed E-state index contributed by atoms with van der Waals surface area (Å²) in [7, 11) is 0. The van der Waals surface area contributed by atoms with Crippen LogP contribution in [0.15, 0.2) is 46.9 Å². The van der Waals surface area contributed by atoms with Crippen molar-refractivity contribution in [2.75, 3.05) is 5.75 Å². The summed E-state index contributed by atoms with van der Waals surface area (Å²) in [5, 5.41) is 15.5. The van der Waals surface area contributed by atoms with E-state index in [2.05, 4.69) is 20.6 Å². The highest BCUT2D eigenvalue weighted by Gasteiger charge is 2.16. The summed E-state index contributed by atoms with van der Waals surface area (Å²) < 4.78 is 7.72. The van der Waals surface area contributed by atoms with Gasteiger partial charge in [0, 0.05) is 18.0 Å². The van der Waals surface area contributed by atoms with Crippen molar-refractivity contribution in [2.24, 2.45) is 10.2 Å². The first-order chi connectivity index (χ1) is 12.1. The fraction of sp³-hybridized carbons (Fsp3) is 0.294. The Bertz CT molecular complexity index is 799. The number of nitrogens with zero attached hydrogens (tertiary/aromatic N) is 4. The van der Waals surface area contributed by atoms with E-state index in [0.29, 0.717) is 17.5 Å². The Morgan fingerprint density at radius 1 is 1.48 bits per heavy atom. The van der Waals surface area contributed by atoms with Crippen LogP contribution in [0.1, 0.15) is 25.0 Å². The van der Waals surface area contributed by atoms with Crippen molar-refractivity contribution in [3.05, 3.63) is 47.8 Å². The molecule has 2 heterocycles. The zero-order valence-corrected chi connectivity index (χ0v) is 14.9. The number of hydrogen-bond donors (Lipinski definition) is 1. The van der Waals surface area contributed by atoms with Crippen LogP contribution in [0.2, 0.25) is 0 Å². The summed E-state index contributed by atoms with van der Waals surface area (Å²) in [6, 6.07) is 7.75. The molecule has 25 heavy (non-hydrogen) atoms. The van der Waals surface area contributed by atoms with Gasteiger partial charge < -0.3 is 10.1 Å². The van der Waals surface area contributed by atoms with Crippen LogP contribution in [0.25, 0.3) is 0 Å². The van der Waals surface area contributed by atoms with Crippen molar-refractivity contribution in [3.63, 3.8) is 0 Å². The summed E-state index contributed by atoms with van der Waals surface area (Å²) in [5.74, 6) is 1.17. The fourth-order valence-corrected chi connectivity index (χ4v) is 2.90. The second kappa shape index (κ2) is 7.98. The number of amidine groups is 1. The number of thioether (sulfide) groups is 1. The Morgan fingerprint density at radius 3 is 3.04 bits per heavy atom. The molecule has 2 aromatic rings. The molecule has 0 saturated carbocycles. The maximum Gasteiger partial charge on any atom is 0.236 e. The lowest BCUT2D eigenvalue weighted by Gasteiger charge is -2.15. The highest BCUT2D eigenvalue weighted by Crippen LogP contribution is 2.22. The van der Waals surface area contributed by atoms with Crippen LogP contribution < -0.4 is 10.1 Å². The maximum absolute atomic E-state index is 11.1. The lowest BCUT2D eigenvalue weighted by molar-refractivity contribution is -0.116. The number of carbonyl (C=O) groups is 1. The maximum atomic E-state index is 11.1. The second-order valence-electron chi connectivity index (χ2n) is 5.72. The molecule has 1 N–H and O–H groups in total. The van der Waals surface area contributed by atoms with Crippen molar-refractivity contribution >= 4 is 29.1 Å². The third kappa shape index (κ3) is 4.93. The van der Waals surface area contributed by atoms with Gasteiger partial charge in [-0.2, -0.15) is 10.2 Å². The molecule has 1 aromatic heterocycles. The minimum absolute atomic E-state index is 0.0457. The molecule has 8 heteroatoms. The van der Waals surface area contributed by atoms with E-state index in [1.807, 2.05) is 49.0 Å². The smallest absolute Gasteiger partial charge is 0.236 e. The van der Waals surface area contributed by atoms with Crippen LogP contribution in [-0.4, -0.2) is 38.9 Å². The van der Waals surface area contributed by atoms with Crippen molar-refractivity contribution in [1.82, 2.24) is 15.1 Å². The monoisotopic (exact) mass is 357 g/mol. The van der Waals surface area contributed by atoms with Crippen molar-refractivity contribution < 1.29 is 9.53 Å². The first kappa shape index (κ1) is 17.2. The summed E-state index contributed by atoms with van der Waals surface area (Å²) in [4.78, 5) is 11.1. The molecule has 130 valence electrons. The van der Waals surface area contributed by atoms with E-state index >= 15 is 0 Å².